The first-order valence-corrected chi connectivity index (χ1v) is 7.72. The average Bonchev–Trinajstić information content (AvgIpc) is 2.85. The second-order valence-corrected chi connectivity index (χ2v) is 6.51. The molecule has 2 aromatic rings. The average molecular weight is 279 g/mol. The number of nitrogens with one attached hydrogen (secondary N) is 1. The summed E-state index contributed by atoms with van der Waals surface area (Å²) in [6.07, 6.45) is 0. The van der Waals surface area contributed by atoms with Crippen LogP contribution in [0.3, 0.4) is 0 Å². The summed E-state index contributed by atoms with van der Waals surface area (Å²) in [4.78, 5) is 0. The van der Waals surface area contributed by atoms with Crippen molar-refractivity contribution < 1.29 is 0 Å². The van der Waals surface area contributed by atoms with Gasteiger partial charge in [-0.3, -0.25) is 0 Å². The van der Waals surface area contributed by atoms with Gasteiger partial charge in [-0.15, -0.1) is 10.2 Å². The number of thioether (sulfide) groups is 1. The van der Waals surface area contributed by atoms with Gasteiger partial charge in [-0.2, -0.15) is 0 Å². The summed E-state index contributed by atoms with van der Waals surface area (Å²) >= 11 is 3.32. The molecule has 0 saturated carbocycles. The van der Waals surface area contributed by atoms with E-state index in [1.165, 1.54) is 11.1 Å². The first-order chi connectivity index (χ1) is 8.69. The van der Waals surface area contributed by atoms with E-state index in [0.29, 0.717) is 5.92 Å². The quantitative estimate of drug-likeness (QED) is 0.840. The summed E-state index contributed by atoms with van der Waals surface area (Å²) < 4.78 is 1.01. The zero-order valence-electron chi connectivity index (χ0n) is 10.8. The lowest BCUT2D eigenvalue weighted by Gasteiger charge is -2.05. The first kappa shape index (κ1) is 13.4. The number of rotatable bonds is 5. The Morgan fingerprint density at radius 2 is 1.94 bits per heavy atom. The standard InChI is InChI=1S/C13H17N3S2/c1-9(2)11-6-4-10(5-7-11)8-17-13-16-15-12(14-3)18-13/h4-7,9H,8H2,1-3H3,(H,14,15). The Morgan fingerprint density at radius 3 is 2.50 bits per heavy atom. The predicted molar refractivity (Wildman–Crippen MR) is 79.5 cm³/mol. The summed E-state index contributed by atoms with van der Waals surface area (Å²) in [6.45, 7) is 4.43. The van der Waals surface area contributed by atoms with Crippen LogP contribution in [-0.2, 0) is 5.75 Å². The van der Waals surface area contributed by atoms with Crippen LogP contribution in [0.15, 0.2) is 28.6 Å². The van der Waals surface area contributed by atoms with E-state index in [1.54, 1.807) is 23.1 Å². The van der Waals surface area contributed by atoms with Gasteiger partial charge in [-0.1, -0.05) is 61.2 Å². The minimum Gasteiger partial charge on any atom is -0.363 e. The summed E-state index contributed by atoms with van der Waals surface area (Å²) in [5.41, 5.74) is 2.71. The van der Waals surface area contributed by atoms with Gasteiger partial charge in [-0.05, 0) is 17.0 Å². The van der Waals surface area contributed by atoms with E-state index in [2.05, 4.69) is 53.6 Å². The molecule has 1 aromatic carbocycles. The Bertz CT molecular complexity index is 491. The molecule has 0 radical (unpaired) electrons. The van der Waals surface area contributed by atoms with Crippen LogP contribution in [0.2, 0.25) is 0 Å². The van der Waals surface area contributed by atoms with Crippen molar-refractivity contribution in [3.8, 4) is 0 Å². The molecule has 1 aromatic heterocycles. The van der Waals surface area contributed by atoms with Crippen molar-refractivity contribution in [3.63, 3.8) is 0 Å². The maximum absolute atomic E-state index is 4.12. The molecule has 0 aliphatic heterocycles. The number of hydrogen-bond acceptors (Lipinski definition) is 5. The molecule has 0 aliphatic carbocycles. The predicted octanol–water partition coefficient (Wildman–Crippen LogP) is 4.00. The number of benzene rings is 1. The molecule has 1 heterocycles. The molecule has 0 spiro atoms. The molecule has 1 N–H and O–H groups in total. The van der Waals surface area contributed by atoms with Crippen LogP contribution in [-0.4, -0.2) is 17.2 Å². The number of anilines is 1. The summed E-state index contributed by atoms with van der Waals surface area (Å²) in [5, 5.41) is 12.0. The van der Waals surface area contributed by atoms with Gasteiger partial charge in [0.15, 0.2) is 4.34 Å². The molecule has 18 heavy (non-hydrogen) atoms. The van der Waals surface area contributed by atoms with Crippen molar-refractivity contribution in [2.24, 2.45) is 0 Å². The number of nitrogens with zero attached hydrogens (tertiary/aromatic N) is 2. The third kappa shape index (κ3) is 3.46. The topological polar surface area (TPSA) is 37.8 Å². The normalized spacial score (nSPS) is 10.9. The lowest BCUT2D eigenvalue weighted by atomic mass is 10.0. The van der Waals surface area contributed by atoms with Crippen molar-refractivity contribution in [3.05, 3.63) is 35.4 Å². The van der Waals surface area contributed by atoms with Crippen LogP contribution in [0.1, 0.15) is 30.9 Å². The van der Waals surface area contributed by atoms with Gasteiger partial charge in [-0.25, -0.2) is 0 Å². The zero-order chi connectivity index (χ0) is 13.0. The van der Waals surface area contributed by atoms with E-state index in [9.17, 15) is 0 Å². The molecule has 0 amide bonds. The molecule has 0 fully saturated rings. The van der Waals surface area contributed by atoms with Crippen molar-refractivity contribution >= 4 is 28.2 Å². The maximum Gasteiger partial charge on any atom is 0.206 e. The molecule has 3 nitrogen and oxygen atoms in total. The van der Waals surface area contributed by atoms with Gasteiger partial charge >= 0.3 is 0 Å². The molecule has 96 valence electrons. The molecular weight excluding hydrogens is 262 g/mol. The van der Waals surface area contributed by atoms with E-state index >= 15 is 0 Å². The van der Waals surface area contributed by atoms with Gasteiger partial charge in [0, 0.05) is 12.8 Å². The van der Waals surface area contributed by atoms with Gasteiger partial charge in [0.2, 0.25) is 5.13 Å². The van der Waals surface area contributed by atoms with Gasteiger partial charge < -0.3 is 5.32 Å². The van der Waals surface area contributed by atoms with Crippen LogP contribution in [0.4, 0.5) is 5.13 Å². The SMILES string of the molecule is CNc1nnc(SCc2ccc(C(C)C)cc2)s1. The van der Waals surface area contributed by atoms with Crippen molar-refractivity contribution in [2.75, 3.05) is 12.4 Å². The summed E-state index contributed by atoms with van der Waals surface area (Å²) in [7, 11) is 1.86. The summed E-state index contributed by atoms with van der Waals surface area (Å²) in [5.74, 6) is 1.53. The third-order valence-corrected chi connectivity index (χ3v) is 4.77. The monoisotopic (exact) mass is 279 g/mol. The van der Waals surface area contributed by atoms with E-state index in [1.807, 2.05) is 7.05 Å². The zero-order valence-corrected chi connectivity index (χ0v) is 12.4. The van der Waals surface area contributed by atoms with Crippen molar-refractivity contribution in [2.45, 2.75) is 29.9 Å². The second-order valence-electron chi connectivity index (χ2n) is 4.31. The maximum atomic E-state index is 4.12. The summed E-state index contributed by atoms with van der Waals surface area (Å²) in [6, 6.07) is 8.81. The van der Waals surface area contributed by atoms with Crippen LogP contribution in [0.25, 0.3) is 0 Å². The smallest absolute Gasteiger partial charge is 0.206 e. The highest BCUT2D eigenvalue weighted by molar-refractivity contribution is 8.00. The molecular formula is C13H17N3S2. The fourth-order valence-electron chi connectivity index (χ4n) is 1.51. The lowest BCUT2D eigenvalue weighted by Crippen LogP contribution is -1.87. The second kappa shape index (κ2) is 6.20. The number of hydrogen-bond donors (Lipinski definition) is 1. The molecule has 0 atom stereocenters. The van der Waals surface area contributed by atoms with Crippen LogP contribution >= 0.6 is 23.1 Å². The molecule has 0 aliphatic rings. The highest BCUT2D eigenvalue weighted by Crippen LogP contribution is 2.28. The third-order valence-electron chi connectivity index (χ3n) is 2.63. The number of aromatic nitrogens is 2. The van der Waals surface area contributed by atoms with E-state index < -0.39 is 0 Å². The van der Waals surface area contributed by atoms with Gasteiger partial charge in [0.1, 0.15) is 0 Å². The Kier molecular flexibility index (Phi) is 4.60. The lowest BCUT2D eigenvalue weighted by molar-refractivity contribution is 0.866. The Labute approximate surface area is 116 Å². The molecule has 2 rings (SSSR count). The van der Waals surface area contributed by atoms with E-state index in [0.717, 1.165) is 15.2 Å². The van der Waals surface area contributed by atoms with E-state index in [4.69, 9.17) is 0 Å². The van der Waals surface area contributed by atoms with Gasteiger partial charge in [0.25, 0.3) is 0 Å². The Morgan fingerprint density at radius 1 is 1.22 bits per heavy atom. The Balaban J connectivity index is 1.93. The largest absolute Gasteiger partial charge is 0.363 e. The minimum atomic E-state index is 0.591. The Hall–Kier alpha value is -1.07. The fourth-order valence-corrected chi connectivity index (χ4v) is 3.17. The van der Waals surface area contributed by atoms with E-state index in [-0.39, 0.29) is 0 Å². The van der Waals surface area contributed by atoms with Crippen LogP contribution in [0.5, 0.6) is 0 Å². The van der Waals surface area contributed by atoms with Gasteiger partial charge in [0.05, 0.1) is 0 Å². The minimum absolute atomic E-state index is 0.591. The first-order valence-electron chi connectivity index (χ1n) is 5.92. The highest BCUT2D eigenvalue weighted by Gasteiger charge is 2.04. The van der Waals surface area contributed by atoms with Crippen molar-refractivity contribution in [1.82, 2.24) is 10.2 Å². The van der Waals surface area contributed by atoms with Crippen LogP contribution < -0.4 is 5.32 Å². The van der Waals surface area contributed by atoms with Crippen LogP contribution in [0, 0.1) is 0 Å². The molecule has 5 heteroatoms. The molecule has 0 saturated heterocycles. The highest BCUT2D eigenvalue weighted by atomic mass is 32.2. The fraction of sp³-hybridized carbons (Fsp3) is 0.385. The van der Waals surface area contributed by atoms with Crippen molar-refractivity contribution in [1.29, 1.82) is 0 Å². The molecule has 0 bridgehead atoms. The molecule has 0 unspecified atom stereocenters.